The molecule has 1 aliphatic heterocycles. The zero-order valence-electron chi connectivity index (χ0n) is 25.0. The zero-order chi connectivity index (χ0) is 32.2. The highest BCUT2D eigenvalue weighted by molar-refractivity contribution is 6.04. The number of benzene rings is 1. The SMILES string of the molecule is CN1CCCC(n2nc(-c3ccc(C(=O)Nc4cc(C(F)(F)F)ccn4)cc3)c3c(N)ncnc32)C1.COCC1(C=O)CCC1. The first-order valence-corrected chi connectivity index (χ1v) is 14.6. The fourth-order valence-corrected chi connectivity index (χ4v) is 5.65. The van der Waals surface area contributed by atoms with Crippen molar-refractivity contribution >= 4 is 34.9 Å². The number of carbonyl (C=O) groups excluding carboxylic acids is 2. The molecule has 45 heavy (non-hydrogen) atoms. The highest BCUT2D eigenvalue weighted by atomic mass is 19.4. The van der Waals surface area contributed by atoms with Crippen LogP contribution < -0.4 is 11.1 Å². The van der Waals surface area contributed by atoms with Gasteiger partial charge in [0.05, 0.1) is 23.6 Å². The van der Waals surface area contributed by atoms with Gasteiger partial charge in [-0.3, -0.25) is 4.79 Å². The number of nitrogens with zero attached hydrogens (tertiary/aromatic N) is 6. The lowest BCUT2D eigenvalue weighted by molar-refractivity contribution is -0.137. The number of ether oxygens (including phenoxy) is 1. The molecule has 6 rings (SSSR count). The van der Waals surface area contributed by atoms with Crippen molar-refractivity contribution in [3.63, 3.8) is 0 Å². The summed E-state index contributed by atoms with van der Waals surface area (Å²) in [5.41, 5.74) is 7.43. The van der Waals surface area contributed by atoms with Crippen molar-refractivity contribution in [2.24, 2.45) is 5.41 Å². The van der Waals surface area contributed by atoms with Gasteiger partial charge in [-0.25, -0.2) is 19.6 Å². The summed E-state index contributed by atoms with van der Waals surface area (Å²) < 4.78 is 45.6. The Balaban J connectivity index is 0.000000383. The van der Waals surface area contributed by atoms with Gasteiger partial charge in [0.15, 0.2) is 5.65 Å². The second-order valence-electron chi connectivity index (χ2n) is 11.5. The van der Waals surface area contributed by atoms with Crippen molar-refractivity contribution in [1.29, 1.82) is 0 Å². The molecule has 14 heteroatoms. The molecule has 1 amide bonds. The second kappa shape index (κ2) is 13.3. The van der Waals surface area contributed by atoms with E-state index in [0.717, 1.165) is 63.4 Å². The molecular weight excluding hydrogens is 589 g/mol. The van der Waals surface area contributed by atoms with Gasteiger partial charge in [-0.05, 0) is 63.5 Å². The summed E-state index contributed by atoms with van der Waals surface area (Å²) in [4.78, 5) is 37.7. The maximum absolute atomic E-state index is 12.9. The molecule has 0 radical (unpaired) electrons. The maximum atomic E-state index is 12.9. The molecule has 1 aromatic carbocycles. The molecule has 1 saturated carbocycles. The molecule has 4 aromatic rings. The molecule has 238 valence electrons. The molecule has 2 aliphatic rings. The van der Waals surface area contributed by atoms with Crippen molar-refractivity contribution < 1.29 is 27.5 Å². The Morgan fingerprint density at radius 2 is 1.91 bits per heavy atom. The predicted octanol–water partition coefficient (Wildman–Crippen LogP) is 5.01. The summed E-state index contributed by atoms with van der Waals surface area (Å²) in [7, 11) is 3.71. The monoisotopic (exact) mass is 624 g/mol. The van der Waals surface area contributed by atoms with E-state index in [-0.39, 0.29) is 22.8 Å². The third-order valence-corrected chi connectivity index (χ3v) is 8.24. The molecule has 3 aromatic heterocycles. The smallest absolute Gasteiger partial charge is 0.384 e. The average Bonchev–Trinajstić information content (AvgIpc) is 3.40. The number of halogens is 3. The van der Waals surface area contributed by atoms with E-state index in [4.69, 9.17) is 15.6 Å². The Morgan fingerprint density at radius 1 is 1.16 bits per heavy atom. The summed E-state index contributed by atoms with van der Waals surface area (Å²) in [5, 5.41) is 7.88. The number of piperidine rings is 1. The van der Waals surface area contributed by atoms with E-state index >= 15 is 0 Å². The number of pyridine rings is 1. The summed E-state index contributed by atoms with van der Waals surface area (Å²) in [5.74, 6) is -0.467. The standard InChI is InChI=1S/C24H23F3N8O.C7H12O2/c1-34-10-2-3-17(12-34)35-22-19(21(28)30-13-31-22)20(33-35)14-4-6-15(7-5-14)23(36)32-18-11-16(8-9-29-18)24(25,26)27;1-9-6-7(5-8)3-2-4-7/h4-9,11,13,17H,2-3,10,12H2,1H3,(H2,28,30,31)(H,29,32,36);5H,2-4,6H2,1H3. The van der Waals surface area contributed by atoms with Crippen LogP contribution in [0.15, 0.2) is 48.9 Å². The van der Waals surface area contributed by atoms with E-state index in [1.165, 1.54) is 12.7 Å². The summed E-state index contributed by atoms with van der Waals surface area (Å²) in [6, 6.07) is 8.32. The van der Waals surface area contributed by atoms with Gasteiger partial charge in [-0.2, -0.15) is 18.3 Å². The van der Waals surface area contributed by atoms with E-state index in [0.29, 0.717) is 34.7 Å². The molecule has 0 bridgehead atoms. The Morgan fingerprint density at radius 3 is 2.51 bits per heavy atom. The van der Waals surface area contributed by atoms with Crippen molar-refractivity contribution in [1.82, 2.24) is 29.6 Å². The number of carbonyl (C=O) groups is 2. The number of likely N-dealkylation sites (tertiary alicyclic amines) is 1. The van der Waals surface area contributed by atoms with E-state index in [1.807, 2.05) is 4.68 Å². The van der Waals surface area contributed by atoms with E-state index in [9.17, 15) is 22.8 Å². The predicted molar refractivity (Wildman–Crippen MR) is 162 cm³/mol. The fourth-order valence-electron chi connectivity index (χ4n) is 5.65. The number of nitrogens with one attached hydrogen (secondary N) is 1. The van der Waals surface area contributed by atoms with Crippen molar-refractivity contribution in [3.05, 3.63) is 60.0 Å². The minimum absolute atomic E-state index is 0.0885. The van der Waals surface area contributed by atoms with E-state index in [1.54, 1.807) is 31.4 Å². The lowest BCUT2D eigenvalue weighted by atomic mass is 9.71. The molecule has 3 N–H and O–H groups in total. The van der Waals surface area contributed by atoms with Gasteiger partial charge in [-0.15, -0.1) is 0 Å². The molecule has 1 atom stereocenters. The van der Waals surface area contributed by atoms with Crippen LogP contribution in [0.3, 0.4) is 0 Å². The topological polar surface area (TPSA) is 141 Å². The van der Waals surface area contributed by atoms with Crippen LogP contribution in [0.2, 0.25) is 0 Å². The van der Waals surface area contributed by atoms with Gasteiger partial charge >= 0.3 is 6.18 Å². The number of likely N-dealkylation sites (N-methyl/N-ethyl adjacent to an activating group) is 1. The van der Waals surface area contributed by atoms with Crippen LogP contribution in [-0.4, -0.2) is 75.7 Å². The quantitative estimate of drug-likeness (QED) is 0.272. The minimum atomic E-state index is -4.53. The van der Waals surface area contributed by atoms with Gasteiger partial charge < -0.3 is 25.5 Å². The van der Waals surface area contributed by atoms with Gasteiger partial charge in [0.2, 0.25) is 0 Å². The highest BCUT2D eigenvalue weighted by Crippen LogP contribution is 2.39. The zero-order valence-corrected chi connectivity index (χ0v) is 25.0. The number of rotatable bonds is 7. The third kappa shape index (κ3) is 7.12. The maximum Gasteiger partial charge on any atom is 0.416 e. The number of anilines is 2. The molecule has 1 aliphatic carbocycles. The minimum Gasteiger partial charge on any atom is -0.384 e. The number of methoxy groups -OCH3 is 1. The normalized spacial score (nSPS) is 18.0. The molecule has 0 spiro atoms. The largest absolute Gasteiger partial charge is 0.416 e. The number of nitrogen functional groups attached to an aromatic ring is 1. The summed E-state index contributed by atoms with van der Waals surface area (Å²) in [6.07, 6.45) is 4.16. The molecule has 4 heterocycles. The van der Waals surface area contributed by atoms with E-state index < -0.39 is 17.6 Å². The lowest BCUT2D eigenvalue weighted by Gasteiger charge is -2.35. The number of hydrogen-bond donors (Lipinski definition) is 2. The van der Waals surface area contributed by atoms with E-state index in [2.05, 4.69) is 32.2 Å². The van der Waals surface area contributed by atoms with Crippen LogP contribution in [0.5, 0.6) is 0 Å². The summed E-state index contributed by atoms with van der Waals surface area (Å²) >= 11 is 0. The molecule has 11 nitrogen and oxygen atoms in total. The third-order valence-electron chi connectivity index (χ3n) is 8.24. The number of alkyl halides is 3. The Hall–Kier alpha value is -4.43. The van der Waals surface area contributed by atoms with Gasteiger partial charge in [0, 0.05) is 36.4 Å². The van der Waals surface area contributed by atoms with Gasteiger partial charge in [0.25, 0.3) is 5.91 Å². The average molecular weight is 625 g/mol. The van der Waals surface area contributed by atoms with Crippen LogP contribution in [0.4, 0.5) is 24.8 Å². The Kier molecular flexibility index (Phi) is 9.44. The van der Waals surface area contributed by atoms with Crippen LogP contribution in [0, 0.1) is 5.41 Å². The number of amides is 1. The fraction of sp³-hybridized carbons (Fsp3) is 0.419. The lowest BCUT2D eigenvalue weighted by Crippen LogP contribution is -2.35. The van der Waals surface area contributed by atoms with Crippen LogP contribution in [-0.2, 0) is 15.7 Å². The van der Waals surface area contributed by atoms with Crippen molar-refractivity contribution in [2.75, 3.05) is 44.9 Å². The first kappa shape index (κ1) is 32.0. The Bertz CT molecular complexity index is 1650. The number of aldehydes is 1. The molecular formula is C31H35F3N8O3. The van der Waals surface area contributed by atoms with Crippen molar-refractivity contribution in [2.45, 2.75) is 44.3 Å². The van der Waals surface area contributed by atoms with Crippen molar-refractivity contribution in [3.8, 4) is 11.3 Å². The number of nitrogens with two attached hydrogens (primary N) is 1. The first-order valence-electron chi connectivity index (χ1n) is 14.6. The first-order chi connectivity index (χ1) is 21.5. The van der Waals surface area contributed by atoms with Gasteiger partial charge in [0.1, 0.15) is 29.9 Å². The number of fused-ring (bicyclic) bond motifs is 1. The molecule has 1 saturated heterocycles. The van der Waals surface area contributed by atoms with Gasteiger partial charge in [-0.1, -0.05) is 18.6 Å². The van der Waals surface area contributed by atoms with Crippen LogP contribution >= 0.6 is 0 Å². The Labute approximate surface area is 258 Å². The van der Waals surface area contributed by atoms with Crippen LogP contribution in [0.25, 0.3) is 22.3 Å². The second-order valence-corrected chi connectivity index (χ2v) is 11.5. The summed E-state index contributed by atoms with van der Waals surface area (Å²) in [6.45, 7) is 2.47. The molecule has 2 fully saturated rings. The highest BCUT2D eigenvalue weighted by Gasteiger charge is 2.36. The molecule has 1 unspecified atom stereocenters. The number of aromatic nitrogens is 5. The van der Waals surface area contributed by atoms with Crippen LogP contribution in [0.1, 0.15) is 54.1 Å². The number of hydrogen-bond acceptors (Lipinski definition) is 9.